The van der Waals surface area contributed by atoms with Gasteiger partial charge in [0.1, 0.15) is 23.3 Å². The van der Waals surface area contributed by atoms with Crippen LogP contribution in [0, 0.1) is 0 Å². The highest BCUT2D eigenvalue weighted by Crippen LogP contribution is 2.16. The van der Waals surface area contributed by atoms with E-state index in [1.807, 2.05) is 0 Å². The molecule has 2 heterocycles. The van der Waals surface area contributed by atoms with Gasteiger partial charge in [-0.15, -0.1) is 0 Å². The van der Waals surface area contributed by atoms with Crippen LogP contribution in [0.1, 0.15) is 31.1 Å². The number of fused-ring (bicyclic) bond motifs is 1. The second kappa shape index (κ2) is 3.69. The van der Waals surface area contributed by atoms with Crippen LogP contribution in [0.4, 0.5) is 5.82 Å². The standard InChI is InChI=1S/C10H13N5O2/c1-10(2,3)17-8(16)6-4-12-9-13-5-14-15(9)7(6)11/h4-5H,11H2,1-3H3. The van der Waals surface area contributed by atoms with E-state index in [1.54, 1.807) is 20.8 Å². The van der Waals surface area contributed by atoms with Crippen molar-refractivity contribution in [2.75, 3.05) is 5.73 Å². The Hall–Kier alpha value is -2.18. The SMILES string of the molecule is CC(C)(C)OC(=O)c1cnc2ncnn2c1N. The molecule has 2 aromatic heterocycles. The Morgan fingerprint density at radius 3 is 2.76 bits per heavy atom. The normalized spacial score (nSPS) is 11.7. The minimum Gasteiger partial charge on any atom is -0.456 e. The second-order valence-electron chi connectivity index (χ2n) is 4.53. The maximum atomic E-state index is 11.8. The fourth-order valence-corrected chi connectivity index (χ4v) is 1.29. The number of carbonyl (C=O) groups excluding carboxylic acids is 1. The van der Waals surface area contributed by atoms with E-state index in [2.05, 4.69) is 15.1 Å². The van der Waals surface area contributed by atoms with Gasteiger partial charge in [-0.2, -0.15) is 14.6 Å². The lowest BCUT2D eigenvalue weighted by Gasteiger charge is -2.19. The van der Waals surface area contributed by atoms with Crippen molar-refractivity contribution >= 4 is 17.6 Å². The Labute approximate surface area is 97.6 Å². The lowest BCUT2D eigenvalue weighted by Crippen LogP contribution is -2.25. The number of nitrogens with zero attached hydrogens (tertiary/aromatic N) is 4. The van der Waals surface area contributed by atoms with Crippen LogP contribution in [0.3, 0.4) is 0 Å². The number of nitrogen functional groups attached to an aromatic ring is 1. The maximum absolute atomic E-state index is 11.8. The Morgan fingerprint density at radius 2 is 2.12 bits per heavy atom. The van der Waals surface area contributed by atoms with Gasteiger partial charge in [-0.1, -0.05) is 0 Å². The summed E-state index contributed by atoms with van der Waals surface area (Å²) in [4.78, 5) is 19.7. The van der Waals surface area contributed by atoms with Gasteiger partial charge in [0.25, 0.3) is 5.78 Å². The molecule has 7 heteroatoms. The molecular formula is C10H13N5O2. The third-order valence-electron chi connectivity index (χ3n) is 1.96. The Balaban J connectivity index is 2.42. The van der Waals surface area contributed by atoms with E-state index < -0.39 is 11.6 Å². The number of rotatable bonds is 1. The van der Waals surface area contributed by atoms with Crippen LogP contribution in [-0.2, 0) is 4.74 Å². The van der Waals surface area contributed by atoms with Crippen LogP contribution in [-0.4, -0.2) is 31.2 Å². The molecular weight excluding hydrogens is 222 g/mol. The van der Waals surface area contributed by atoms with Crippen molar-refractivity contribution < 1.29 is 9.53 Å². The van der Waals surface area contributed by atoms with Gasteiger partial charge >= 0.3 is 5.97 Å². The van der Waals surface area contributed by atoms with E-state index in [0.717, 1.165) is 0 Å². The van der Waals surface area contributed by atoms with Gasteiger partial charge in [-0.25, -0.2) is 9.78 Å². The predicted molar refractivity (Wildman–Crippen MR) is 60.4 cm³/mol. The van der Waals surface area contributed by atoms with Crippen LogP contribution in [0.25, 0.3) is 5.78 Å². The van der Waals surface area contributed by atoms with Crippen molar-refractivity contribution in [1.29, 1.82) is 0 Å². The molecule has 0 unspecified atom stereocenters. The largest absolute Gasteiger partial charge is 0.456 e. The third-order valence-corrected chi connectivity index (χ3v) is 1.96. The topological polar surface area (TPSA) is 95.4 Å². The van der Waals surface area contributed by atoms with E-state index in [9.17, 15) is 4.79 Å². The van der Waals surface area contributed by atoms with Crippen LogP contribution < -0.4 is 5.73 Å². The Kier molecular flexibility index (Phi) is 2.45. The summed E-state index contributed by atoms with van der Waals surface area (Å²) in [5, 5.41) is 3.87. The van der Waals surface area contributed by atoms with Crippen LogP contribution >= 0.6 is 0 Å². The quantitative estimate of drug-likeness (QED) is 0.729. The molecule has 2 N–H and O–H groups in total. The first-order valence-corrected chi connectivity index (χ1v) is 5.06. The molecule has 0 saturated heterocycles. The van der Waals surface area contributed by atoms with Gasteiger partial charge in [0, 0.05) is 6.20 Å². The molecule has 0 spiro atoms. The van der Waals surface area contributed by atoms with Gasteiger partial charge in [0.05, 0.1) is 0 Å². The number of ether oxygens (including phenoxy) is 1. The zero-order chi connectivity index (χ0) is 12.6. The van der Waals surface area contributed by atoms with E-state index in [4.69, 9.17) is 10.5 Å². The molecule has 0 radical (unpaired) electrons. The molecule has 2 rings (SSSR count). The first kappa shape index (κ1) is 11.3. The fourth-order valence-electron chi connectivity index (χ4n) is 1.29. The molecule has 0 aliphatic carbocycles. The molecule has 0 saturated carbocycles. The summed E-state index contributed by atoms with van der Waals surface area (Å²) in [5.41, 5.74) is 5.40. The van der Waals surface area contributed by atoms with E-state index >= 15 is 0 Å². The average molecular weight is 235 g/mol. The molecule has 7 nitrogen and oxygen atoms in total. The fraction of sp³-hybridized carbons (Fsp3) is 0.400. The molecule has 90 valence electrons. The van der Waals surface area contributed by atoms with Crippen molar-refractivity contribution in [1.82, 2.24) is 19.6 Å². The van der Waals surface area contributed by atoms with E-state index in [-0.39, 0.29) is 11.4 Å². The molecule has 0 amide bonds. The highest BCUT2D eigenvalue weighted by atomic mass is 16.6. The molecule has 0 bridgehead atoms. The highest BCUT2D eigenvalue weighted by molar-refractivity contribution is 5.94. The minimum absolute atomic E-state index is 0.168. The van der Waals surface area contributed by atoms with Gasteiger partial charge in [-0.05, 0) is 20.8 Å². The van der Waals surface area contributed by atoms with Crippen molar-refractivity contribution in [3.63, 3.8) is 0 Å². The van der Waals surface area contributed by atoms with Crippen molar-refractivity contribution in [2.45, 2.75) is 26.4 Å². The zero-order valence-corrected chi connectivity index (χ0v) is 9.84. The van der Waals surface area contributed by atoms with Crippen molar-refractivity contribution in [2.24, 2.45) is 0 Å². The van der Waals surface area contributed by atoms with Gasteiger partial charge in [0.2, 0.25) is 0 Å². The van der Waals surface area contributed by atoms with Crippen LogP contribution in [0.5, 0.6) is 0 Å². The summed E-state index contributed by atoms with van der Waals surface area (Å²) in [6, 6.07) is 0. The highest BCUT2D eigenvalue weighted by Gasteiger charge is 2.21. The monoisotopic (exact) mass is 235 g/mol. The molecule has 2 aromatic rings. The number of hydrogen-bond acceptors (Lipinski definition) is 6. The molecule has 0 fully saturated rings. The first-order chi connectivity index (χ1) is 7.88. The average Bonchev–Trinajstić information content (AvgIpc) is 2.63. The van der Waals surface area contributed by atoms with Crippen molar-refractivity contribution in [3.8, 4) is 0 Å². The summed E-state index contributed by atoms with van der Waals surface area (Å²) < 4.78 is 6.50. The molecule has 0 aromatic carbocycles. The number of anilines is 1. The minimum atomic E-state index is -0.582. The lowest BCUT2D eigenvalue weighted by molar-refractivity contribution is 0.00698. The van der Waals surface area contributed by atoms with Gasteiger partial charge < -0.3 is 10.5 Å². The van der Waals surface area contributed by atoms with Crippen LogP contribution in [0.2, 0.25) is 0 Å². The smallest absolute Gasteiger partial charge is 0.344 e. The first-order valence-electron chi connectivity index (χ1n) is 5.06. The van der Waals surface area contributed by atoms with Crippen LogP contribution in [0.15, 0.2) is 12.5 Å². The number of nitrogens with two attached hydrogens (primary N) is 1. The molecule has 0 aliphatic rings. The predicted octanol–water partition coefficient (Wildman–Crippen LogP) is 0.662. The lowest BCUT2D eigenvalue weighted by atomic mass is 10.2. The van der Waals surface area contributed by atoms with Crippen molar-refractivity contribution in [3.05, 3.63) is 18.1 Å². The number of hydrogen-bond donors (Lipinski definition) is 1. The maximum Gasteiger partial charge on any atom is 0.344 e. The summed E-state index contributed by atoms with van der Waals surface area (Å²) in [5.74, 6) is -0.0172. The number of esters is 1. The van der Waals surface area contributed by atoms with E-state index in [1.165, 1.54) is 17.0 Å². The second-order valence-corrected chi connectivity index (χ2v) is 4.53. The summed E-state index contributed by atoms with van der Waals surface area (Å²) in [6.45, 7) is 5.34. The summed E-state index contributed by atoms with van der Waals surface area (Å²) in [7, 11) is 0. The molecule has 0 aliphatic heterocycles. The van der Waals surface area contributed by atoms with Gasteiger partial charge in [-0.3, -0.25) is 0 Å². The zero-order valence-electron chi connectivity index (χ0n) is 9.84. The molecule has 0 atom stereocenters. The number of aromatic nitrogens is 4. The summed E-state index contributed by atoms with van der Waals surface area (Å²) in [6.07, 6.45) is 2.66. The van der Waals surface area contributed by atoms with E-state index in [0.29, 0.717) is 5.78 Å². The molecule has 17 heavy (non-hydrogen) atoms. The Morgan fingerprint density at radius 1 is 1.41 bits per heavy atom. The Bertz CT molecular complexity index is 570. The number of carbonyl (C=O) groups is 1. The van der Waals surface area contributed by atoms with Gasteiger partial charge in [0.15, 0.2) is 0 Å². The third kappa shape index (κ3) is 2.17. The summed E-state index contributed by atoms with van der Waals surface area (Å²) >= 11 is 0.